The molecule has 1 fully saturated rings. The molecule has 0 aromatic heterocycles. The van der Waals surface area contributed by atoms with Crippen LogP contribution in [0.1, 0.15) is 69.1 Å². The van der Waals surface area contributed by atoms with E-state index in [1.54, 1.807) is 7.11 Å². The number of carbonyl (C=O) groups excluding carboxylic acids is 1. The number of benzene rings is 1. The average molecular weight is 338 g/mol. The summed E-state index contributed by atoms with van der Waals surface area (Å²) in [6.07, 6.45) is 8.63. The Hall–Kier alpha value is -1.57. The van der Waals surface area contributed by atoms with Crippen molar-refractivity contribution in [2.45, 2.75) is 64.7 Å². The molecule has 2 bridgehead atoms. The van der Waals surface area contributed by atoms with Gasteiger partial charge in [-0.05, 0) is 65.8 Å². The third kappa shape index (κ3) is 1.94. The fourth-order valence-corrected chi connectivity index (χ4v) is 6.57. The quantitative estimate of drug-likeness (QED) is 0.692. The van der Waals surface area contributed by atoms with Crippen LogP contribution in [0.4, 0.5) is 0 Å². The highest BCUT2D eigenvalue weighted by Gasteiger charge is 2.64. The molecule has 0 radical (unpaired) electrons. The van der Waals surface area contributed by atoms with E-state index in [0.717, 1.165) is 18.6 Å². The van der Waals surface area contributed by atoms with Crippen molar-refractivity contribution in [3.63, 3.8) is 0 Å². The molecule has 5 unspecified atom stereocenters. The predicted octanol–water partition coefficient (Wildman–Crippen LogP) is 5.33. The van der Waals surface area contributed by atoms with Gasteiger partial charge in [0.05, 0.1) is 13.0 Å². The van der Waals surface area contributed by atoms with Crippen LogP contribution in [-0.2, 0) is 10.2 Å². The minimum absolute atomic E-state index is 0.00109. The first-order chi connectivity index (χ1) is 11.9. The number of rotatable bonds is 1. The number of hydrogen-bond donors (Lipinski definition) is 0. The molecule has 3 aliphatic rings. The van der Waals surface area contributed by atoms with Crippen LogP contribution in [0.5, 0.6) is 5.75 Å². The zero-order valence-corrected chi connectivity index (χ0v) is 16.2. The van der Waals surface area contributed by atoms with Crippen molar-refractivity contribution < 1.29 is 9.53 Å². The smallest absolute Gasteiger partial charge is 0.163 e. The second kappa shape index (κ2) is 5.46. The first-order valence-electron chi connectivity index (χ1n) is 9.76. The van der Waals surface area contributed by atoms with Crippen molar-refractivity contribution in [2.24, 2.45) is 17.3 Å². The second-order valence-corrected chi connectivity index (χ2v) is 8.90. The van der Waals surface area contributed by atoms with Gasteiger partial charge < -0.3 is 4.74 Å². The van der Waals surface area contributed by atoms with E-state index < -0.39 is 0 Å². The number of carbonyl (C=O) groups is 1. The van der Waals surface area contributed by atoms with Crippen LogP contribution in [0.2, 0.25) is 0 Å². The van der Waals surface area contributed by atoms with Gasteiger partial charge in [-0.25, -0.2) is 0 Å². The summed E-state index contributed by atoms with van der Waals surface area (Å²) in [7, 11) is 1.73. The van der Waals surface area contributed by atoms with Crippen molar-refractivity contribution in [3.8, 4) is 5.75 Å². The molecule has 1 aromatic rings. The Morgan fingerprint density at radius 2 is 2.00 bits per heavy atom. The molecule has 4 rings (SSSR count). The van der Waals surface area contributed by atoms with Gasteiger partial charge in [-0.2, -0.15) is 0 Å². The van der Waals surface area contributed by atoms with Gasteiger partial charge in [0.1, 0.15) is 5.75 Å². The SMILES string of the molecule is COc1cc2c(cc1C)C13CC=CC(=O)C2C1(C)CCCC(C)C3C. The monoisotopic (exact) mass is 338 g/mol. The van der Waals surface area contributed by atoms with E-state index in [1.165, 1.54) is 29.5 Å². The van der Waals surface area contributed by atoms with E-state index in [0.29, 0.717) is 11.8 Å². The predicted molar refractivity (Wildman–Crippen MR) is 101 cm³/mol. The van der Waals surface area contributed by atoms with E-state index in [9.17, 15) is 4.79 Å². The number of methoxy groups -OCH3 is 1. The maximum atomic E-state index is 13.1. The van der Waals surface area contributed by atoms with Crippen molar-refractivity contribution in [2.75, 3.05) is 7.11 Å². The van der Waals surface area contributed by atoms with Crippen molar-refractivity contribution in [1.29, 1.82) is 0 Å². The Labute approximate surface area is 151 Å². The van der Waals surface area contributed by atoms with Gasteiger partial charge in [0.2, 0.25) is 0 Å². The molecular weight excluding hydrogens is 308 g/mol. The largest absolute Gasteiger partial charge is 0.496 e. The number of ether oxygens (including phenoxy) is 1. The van der Waals surface area contributed by atoms with Gasteiger partial charge >= 0.3 is 0 Å². The molecule has 25 heavy (non-hydrogen) atoms. The number of aryl methyl sites for hydroxylation is 1. The topological polar surface area (TPSA) is 26.3 Å². The van der Waals surface area contributed by atoms with Gasteiger partial charge in [-0.15, -0.1) is 0 Å². The summed E-state index contributed by atoms with van der Waals surface area (Å²) in [5, 5.41) is 0. The lowest BCUT2D eigenvalue weighted by Crippen LogP contribution is -2.47. The van der Waals surface area contributed by atoms with E-state index in [4.69, 9.17) is 4.74 Å². The third-order valence-electron chi connectivity index (χ3n) is 8.01. The molecule has 3 aliphatic carbocycles. The highest BCUT2D eigenvalue weighted by Crippen LogP contribution is 2.69. The van der Waals surface area contributed by atoms with Crippen molar-refractivity contribution >= 4 is 5.78 Å². The number of ketones is 1. The van der Waals surface area contributed by atoms with E-state index in [1.807, 2.05) is 6.08 Å². The highest BCUT2D eigenvalue weighted by molar-refractivity contribution is 5.98. The first-order valence-corrected chi connectivity index (χ1v) is 9.76. The molecule has 0 aliphatic heterocycles. The molecule has 0 heterocycles. The molecule has 0 N–H and O–H groups in total. The van der Waals surface area contributed by atoms with Crippen LogP contribution in [0.3, 0.4) is 0 Å². The lowest BCUT2D eigenvalue weighted by Gasteiger charge is -2.49. The summed E-state index contributed by atoms with van der Waals surface area (Å²) in [5.74, 6) is 2.42. The standard InChI is InChI=1S/C23H30O2/c1-14-8-6-10-22(4)21-17-13-20(25-5)15(2)12-18(17)23(22,16(14)3)11-7-9-19(21)24/h7,9,12-14,16,21H,6,8,10-11H2,1-5H3. The maximum absolute atomic E-state index is 13.1. The third-order valence-corrected chi connectivity index (χ3v) is 8.01. The van der Waals surface area contributed by atoms with Crippen LogP contribution in [0.25, 0.3) is 0 Å². The van der Waals surface area contributed by atoms with E-state index in [-0.39, 0.29) is 22.5 Å². The van der Waals surface area contributed by atoms with Gasteiger partial charge in [0.25, 0.3) is 0 Å². The lowest BCUT2D eigenvalue weighted by atomic mass is 9.53. The minimum Gasteiger partial charge on any atom is -0.496 e. The highest BCUT2D eigenvalue weighted by atomic mass is 16.5. The molecule has 2 heteroatoms. The van der Waals surface area contributed by atoms with Crippen molar-refractivity contribution in [1.82, 2.24) is 0 Å². The number of allylic oxidation sites excluding steroid dienone is 2. The molecular formula is C23H30O2. The van der Waals surface area contributed by atoms with E-state index >= 15 is 0 Å². The fraction of sp³-hybridized carbons (Fsp3) is 0.609. The Bertz CT molecular complexity index is 762. The van der Waals surface area contributed by atoms with Crippen LogP contribution in [-0.4, -0.2) is 12.9 Å². The molecule has 0 saturated heterocycles. The lowest BCUT2D eigenvalue weighted by molar-refractivity contribution is -0.119. The normalized spacial score (nSPS) is 39.4. The van der Waals surface area contributed by atoms with Crippen LogP contribution < -0.4 is 4.74 Å². The summed E-state index contributed by atoms with van der Waals surface area (Å²) >= 11 is 0. The summed E-state index contributed by atoms with van der Waals surface area (Å²) in [5.41, 5.74) is 3.91. The molecule has 0 spiro atoms. The molecule has 2 nitrogen and oxygen atoms in total. The molecule has 134 valence electrons. The number of hydrogen-bond acceptors (Lipinski definition) is 2. The second-order valence-electron chi connectivity index (χ2n) is 8.90. The van der Waals surface area contributed by atoms with Crippen LogP contribution in [0.15, 0.2) is 24.3 Å². The number of fused-ring (bicyclic) bond motifs is 2. The van der Waals surface area contributed by atoms with Gasteiger partial charge in [0, 0.05) is 5.41 Å². The van der Waals surface area contributed by atoms with Gasteiger partial charge in [-0.3, -0.25) is 4.79 Å². The first kappa shape index (κ1) is 16.9. The maximum Gasteiger partial charge on any atom is 0.163 e. The summed E-state index contributed by atoms with van der Waals surface area (Å²) < 4.78 is 5.61. The Morgan fingerprint density at radius 3 is 2.72 bits per heavy atom. The van der Waals surface area contributed by atoms with Crippen LogP contribution >= 0.6 is 0 Å². The molecule has 0 amide bonds. The zero-order valence-electron chi connectivity index (χ0n) is 16.2. The summed E-state index contributed by atoms with van der Waals surface area (Å²) in [6, 6.07) is 4.51. The summed E-state index contributed by atoms with van der Waals surface area (Å²) in [6.45, 7) is 9.37. The summed E-state index contributed by atoms with van der Waals surface area (Å²) in [4.78, 5) is 13.1. The Morgan fingerprint density at radius 1 is 1.24 bits per heavy atom. The molecule has 1 saturated carbocycles. The molecule has 5 atom stereocenters. The van der Waals surface area contributed by atoms with Crippen LogP contribution in [0, 0.1) is 24.2 Å². The molecule has 1 aromatic carbocycles. The van der Waals surface area contributed by atoms with Crippen molar-refractivity contribution in [3.05, 3.63) is 41.0 Å². The van der Waals surface area contributed by atoms with Gasteiger partial charge in [0.15, 0.2) is 5.78 Å². The van der Waals surface area contributed by atoms with E-state index in [2.05, 4.69) is 45.9 Å². The fourth-order valence-electron chi connectivity index (χ4n) is 6.57. The average Bonchev–Trinajstić information content (AvgIpc) is 2.63. The zero-order chi connectivity index (χ0) is 18.0. The van der Waals surface area contributed by atoms with Gasteiger partial charge in [-0.1, -0.05) is 45.8 Å². The Balaban J connectivity index is 2.07. The Kier molecular flexibility index (Phi) is 3.69. The minimum atomic E-state index is -0.0245.